The fraction of sp³-hybridized carbons (Fsp3) is 0.833. The number of carbonyl (C=O) groups is 1. The number of hydrogen-bond donors (Lipinski definition) is 1. The monoisotopic (exact) mass is 196 g/mol. The smallest absolute Gasteiger partial charge is 0.335 e. The van der Waals surface area contributed by atoms with E-state index in [1.54, 1.807) is 6.92 Å². The molecule has 0 bridgehead atoms. The first-order valence-corrected chi connectivity index (χ1v) is 5.54. The SMILES string of the molecule is CCOC(=O)C(C)OP(C)(=O)O. The summed E-state index contributed by atoms with van der Waals surface area (Å²) in [6.07, 6.45) is -0.995. The summed E-state index contributed by atoms with van der Waals surface area (Å²) in [6.45, 7) is 4.26. The highest BCUT2D eigenvalue weighted by atomic mass is 31.2. The quantitative estimate of drug-likeness (QED) is 0.531. The van der Waals surface area contributed by atoms with Gasteiger partial charge < -0.3 is 9.63 Å². The Bertz CT molecular complexity index is 196. The lowest BCUT2D eigenvalue weighted by Gasteiger charge is -2.12. The minimum absolute atomic E-state index is 0.228. The van der Waals surface area contributed by atoms with E-state index in [1.807, 2.05) is 0 Å². The summed E-state index contributed by atoms with van der Waals surface area (Å²) in [7, 11) is -3.60. The summed E-state index contributed by atoms with van der Waals surface area (Å²) >= 11 is 0. The van der Waals surface area contributed by atoms with Crippen LogP contribution in [0.15, 0.2) is 0 Å². The highest BCUT2D eigenvalue weighted by Gasteiger charge is 2.22. The van der Waals surface area contributed by atoms with E-state index in [9.17, 15) is 9.36 Å². The highest BCUT2D eigenvalue weighted by Crippen LogP contribution is 2.38. The minimum Gasteiger partial charge on any atom is -0.464 e. The predicted octanol–water partition coefficient (Wildman–Crippen LogP) is 0.770. The van der Waals surface area contributed by atoms with Crippen LogP contribution in [-0.2, 0) is 18.6 Å². The third-order valence-electron chi connectivity index (χ3n) is 0.972. The standard InChI is InChI=1S/C6H13O5P/c1-4-10-6(7)5(2)11-12(3,8)9/h5H,4H2,1-3H3,(H,8,9). The lowest BCUT2D eigenvalue weighted by Crippen LogP contribution is -2.22. The van der Waals surface area contributed by atoms with Crippen LogP contribution in [0.3, 0.4) is 0 Å². The fourth-order valence-electron chi connectivity index (χ4n) is 0.596. The number of esters is 1. The Kier molecular flexibility index (Phi) is 4.45. The molecule has 0 aromatic heterocycles. The Balaban J connectivity index is 3.96. The van der Waals surface area contributed by atoms with Gasteiger partial charge in [0.05, 0.1) is 6.61 Å². The Labute approximate surface area is 71.2 Å². The van der Waals surface area contributed by atoms with Gasteiger partial charge in [-0.15, -0.1) is 0 Å². The molecule has 0 rings (SSSR count). The van der Waals surface area contributed by atoms with Crippen LogP contribution in [0.2, 0.25) is 0 Å². The molecule has 0 aromatic rings. The van der Waals surface area contributed by atoms with Gasteiger partial charge in [-0.2, -0.15) is 0 Å². The Hall–Kier alpha value is -0.380. The van der Waals surface area contributed by atoms with Crippen LogP contribution in [0.1, 0.15) is 13.8 Å². The van der Waals surface area contributed by atoms with Gasteiger partial charge in [0, 0.05) is 6.66 Å². The molecular weight excluding hydrogens is 183 g/mol. The second kappa shape index (κ2) is 4.60. The normalized spacial score (nSPS) is 18.0. The molecule has 2 unspecified atom stereocenters. The van der Waals surface area contributed by atoms with Crippen LogP contribution in [0, 0.1) is 0 Å². The lowest BCUT2D eigenvalue weighted by atomic mass is 10.4. The molecule has 72 valence electrons. The average Bonchev–Trinajstić information content (AvgIpc) is 1.84. The summed E-state index contributed by atoms with van der Waals surface area (Å²) in [6, 6.07) is 0. The molecule has 0 saturated heterocycles. The van der Waals surface area contributed by atoms with Crippen LogP contribution >= 0.6 is 7.60 Å². The first-order chi connectivity index (χ1) is 5.37. The largest absolute Gasteiger partial charge is 0.464 e. The first-order valence-electron chi connectivity index (χ1n) is 3.52. The molecule has 1 N–H and O–H groups in total. The fourth-order valence-corrected chi connectivity index (χ4v) is 1.27. The van der Waals surface area contributed by atoms with Gasteiger partial charge in [-0.25, -0.2) is 4.79 Å². The zero-order chi connectivity index (χ0) is 9.78. The van der Waals surface area contributed by atoms with E-state index in [2.05, 4.69) is 9.26 Å². The van der Waals surface area contributed by atoms with Crippen LogP contribution in [-0.4, -0.2) is 30.2 Å². The molecule has 0 fully saturated rings. The Morgan fingerprint density at radius 1 is 1.67 bits per heavy atom. The van der Waals surface area contributed by atoms with E-state index in [1.165, 1.54) is 6.92 Å². The topological polar surface area (TPSA) is 72.8 Å². The summed E-state index contributed by atoms with van der Waals surface area (Å²) in [5, 5.41) is 0. The average molecular weight is 196 g/mol. The Morgan fingerprint density at radius 3 is 2.50 bits per heavy atom. The van der Waals surface area contributed by atoms with Crippen LogP contribution in [0.4, 0.5) is 0 Å². The van der Waals surface area contributed by atoms with Gasteiger partial charge in [-0.3, -0.25) is 9.09 Å². The van der Waals surface area contributed by atoms with Crippen molar-refractivity contribution in [2.45, 2.75) is 20.0 Å². The molecule has 5 nitrogen and oxygen atoms in total. The maximum Gasteiger partial charge on any atom is 0.335 e. The van der Waals surface area contributed by atoms with Gasteiger partial charge in [0.1, 0.15) is 0 Å². The van der Waals surface area contributed by atoms with Crippen molar-refractivity contribution >= 4 is 13.6 Å². The van der Waals surface area contributed by atoms with E-state index in [4.69, 9.17) is 4.89 Å². The summed E-state index contributed by atoms with van der Waals surface area (Å²) in [5.74, 6) is -0.631. The van der Waals surface area contributed by atoms with E-state index >= 15 is 0 Å². The molecule has 0 aliphatic heterocycles. The number of rotatable bonds is 4. The molecule has 0 amide bonds. The third-order valence-corrected chi connectivity index (χ3v) is 1.68. The molecule has 0 aromatic carbocycles. The van der Waals surface area contributed by atoms with Crippen molar-refractivity contribution in [3.8, 4) is 0 Å². The van der Waals surface area contributed by atoms with Gasteiger partial charge in [-0.1, -0.05) is 0 Å². The molecule has 0 heterocycles. The lowest BCUT2D eigenvalue weighted by molar-refractivity contribution is -0.150. The summed E-state index contributed by atoms with van der Waals surface area (Å²) < 4.78 is 19.7. The molecule has 12 heavy (non-hydrogen) atoms. The number of ether oxygens (including phenoxy) is 1. The molecule has 0 radical (unpaired) electrons. The molecule has 6 heteroatoms. The van der Waals surface area contributed by atoms with Crippen LogP contribution in [0.25, 0.3) is 0 Å². The molecule has 0 aliphatic rings. The van der Waals surface area contributed by atoms with Crippen molar-refractivity contribution in [1.82, 2.24) is 0 Å². The molecule has 0 aliphatic carbocycles. The van der Waals surface area contributed by atoms with Crippen LogP contribution in [0.5, 0.6) is 0 Å². The molecule has 0 saturated carbocycles. The van der Waals surface area contributed by atoms with E-state index in [0.29, 0.717) is 0 Å². The zero-order valence-corrected chi connectivity index (χ0v) is 8.21. The van der Waals surface area contributed by atoms with Gasteiger partial charge in [-0.05, 0) is 13.8 Å². The highest BCUT2D eigenvalue weighted by molar-refractivity contribution is 7.51. The zero-order valence-electron chi connectivity index (χ0n) is 7.31. The maximum atomic E-state index is 10.8. The second-order valence-electron chi connectivity index (χ2n) is 2.30. The number of carbonyl (C=O) groups excluding carboxylic acids is 1. The predicted molar refractivity (Wildman–Crippen MR) is 42.9 cm³/mol. The molecule has 0 spiro atoms. The minimum atomic E-state index is -3.60. The van der Waals surface area contributed by atoms with Crippen molar-refractivity contribution in [3.05, 3.63) is 0 Å². The van der Waals surface area contributed by atoms with Crippen molar-refractivity contribution in [2.24, 2.45) is 0 Å². The summed E-state index contributed by atoms with van der Waals surface area (Å²) in [4.78, 5) is 19.6. The van der Waals surface area contributed by atoms with Crippen LogP contribution < -0.4 is 0 Å². The van der Waals surface area contributed by atoms with Gasteiger partial charge in [0.25, 0.3) is 0 Å². The molecule has 2 atom stereocenters. The van der Waals surface area contributed by atoms with Gasteiger partial charge in [0.2, 0.25) is 0 Å². The van der Waals surface area contributed by atoms with Gasteiger partial charge >= 0.3 is 13.6 Å². The van der Waals surface area contributed by atoms with Crippen molar-refractivity contribution < 1.29 is 23.5 Å². The molecular formula is C6H13O5P. The maximum absolute atomic E-state index is 10.8. The van der Waals surface area contributed by atoms with E-state index in [0.717, 1.165) is 6.66 Å². The van der Waals surface area contributed by atoms with Crippen molar-refractivity contribution in [3.63, 3.8) is 0 Å². The van der Waals surface area contributed by atoms with Crippen molar-refractivity contribution in [1.29, 1.82) is 0 Å². The third kappa shape index (κ3) is 5.29. The van der Waals surface area contributed by atoms with Gasteiger partial charge in [0.15, 0.2) is 6.10 Å². The number of hydrogen-bond acceptors (Lipinski definition) is 4. The summed E-state index contributed by atoms with van der Waals surface area (Å²) in [5.41, 5.74) is 0. The van der Waals surface area contributed by atoms with Crippen molar-refractivity contribution in [2.75, 3.05) is 13.3 Å². The Morgan fingerprint density at radius 2 is 2.17 bits per heavy atom. The van der Waals surface area contributed by atoms with E-state index < -0.39 is 19.7 Å². The second-order valence-corrected chi connectivity index (χ2v) is 4.12. The first kappa shape index (κ1) is 11.6. The van der Waals surface area contributed by atoms with E-state index in [-0.39, 0.29) is 6.61 Å².